The zero-order valence-corrected chi connectivity index (χ0v) is 8.75. The van der Waals surface area contributed by atoms with Gasteiger partial charge in [-0.05, 0) is 31.7 Å². The van der Waals surface area contributed by atoms with Gasteiger partial charge in [-0.15, -0.1) is 0 Å². The van der Waals surface area contributed by atoms with Crippen molar-refractivity contribution in [2.24, 2.45) is 5.92 Å². The van der Waals surface area contributed by atoms with Gasteiger partial charge in [0.25, 0.3) is 0 Å². The lowest BCUT2D eigenvalue weighted by Crippen LogP contribution is -2.17. The predicted octanol–water partition coefficient (Wildman–Crippen LogP) is 2.33. The van der Waals surface area contributed by atoms with E-state index in [0.717, 1.165) is 17.4 Å². The molecule has 0 aliphatic heterocycles. The Kier molecular flexibility index (Phi) is 2.57. The van der Waals surface area contributed by atoms with E-state index in [0.29, 0.717) is 6.04 Å². The molecule has 76 valence electrons. The maximum Gasteiger partial charge on any atom is 0.127 e. The molecule has 1 heterocycles. The van der Waals surface area contributed by atoms with Gasteiger partial charge in [-0.2, -0.15) is 0 Å². The van der Waals surface area contributed by atoms with Gasteiger partial charge in [-0.25, -0.2) is 4.98 Å². The van der Waals surface area contributed by atoms with Gasteiger partial charge < -0.3 is 10.6 Å². The second-order valence-corrected chi connectivity index (χ2v) is 3.95. The van der Waals surface area contributed by atoms with Crippen molar-refractivity contribution in [1.82, 2.24) is 4.98 Å². The molecule has 0 spiro atoms. The Bertz CT molecular complexity index is 307. The Balaban J connectivity index is 2.00. The van der Waals surface area contributed by atoms with E-state index < -0.39 is 0 Å². The van der Waals surface area contributed by atoms with E-state index in [1.165, 1.54) is 12.8 Å². The summed E-state index contributed by atoms with van der Waals surface area (Å²) >= 11 is 0. The summed E-state index contributed by atoms with van der Waals surface area (Å²) in [6.07, 6.45) is 4.57. The molecular formula is C11H17N3. The molecule has 0 amide bonds. The smallest absolute Gasteiger partial charge is 0.127 e. The number of pyridine rings is 1. The van der Waals surface area contributed by atoms with Crippen molar-refractivity contribution in [3.8, 4) is 0 Å². The lowest BCUT2D eigenvalue weighted by Gasteiger charge is -2.14. The second-order valence-electron chi connectivity index (χ2n) is 3.95. The quantitative estimate of drug-likeness (QED) is 0.767. The third-order valence-electron chi connectivity index (χ3n) is 2.74. The van der Waals surface area contributed by atoms with Crippen molar-refractivity contribution in [1.29, 1.82) is 0 Å². The van der Waals surface area contributed by atoms with Gasteiger partial charge in [-0.3, -0.25) is 0 Å². The Morgan fingerprint density at radius 3 is 2.93 bits per heavy atom. The number of anilines is 2. The Morgan fingerprint density at radius 2 is 2.29 bits per heavy atom. The molecule has 0 saturated heterocycles. The summed E-state index contributed by atoms with van der Waals surface area (Å²) in [5.74, 6) is 1.79. The van der Waals surface area contributed by atoms with Gasteiger partial charge in [-0.1, -0.05) is 0 Å². The third kappa shape index (κ3) is 2.16. The molecule has 1 unspecified atom stereocenters. The summed E-state index contributed by atoms with van der Waals surface area (Å²) in [5.41, 5.74) is 1.16. The van der Waals surface area contributed by atoms with Gasteiger partial charge >= 0.3 is 0 Å². The van der Waals surface area contributed by atoms with Crippen LogP contribution in [0.1, 0.15) is 19.8 Å². The first kappa shape index (κ1) is 9.31. The van der Waals surface area contributed by atoms with Crippen LogP contribution < -0.4 is 10.6 Å². The summed E-state index contributed by atoms with van der Waals surface area (Å²) in [4.78, 5) is 4.17. The highest BCUT2D eigenvalue weighted by molar-refractivity contribution is 5.52. The number of nitrogens with one attached hydrogen (secondary N) is 2. The predicted molar refractivity (Wildman–Crippen MR) is 59.6 cm³/mol. The van der Waals surface area contributed by atoms with Crippen molar-refractivity contribution in [3.05, 3.63) is 18.3 Å². The maximum absolute atomic E-state index is 4.17. The Hall–Kier alpha value is -1.25. The lowest BCUT2D eigenvalue weighted by atomic mass is 10.2. The fourth-order valence-corrected chi connectivity index (χ4v) is 1.63. The first-order valence-electron chi connectivity index (χ1n) is 5.20. The topological polar surface area (TPSA) is 37.0 Å². The van der Waals surface area contributed by atoms with E-state index >= 15 is 0 Å². The molecule has 0 bridgehead atoms. The molecule has 3 heteroatoms. The Morgan fingerprint density at radius 1 is 1.50 bits per heavy atom. The molecule has 0 aromatic carbocycles. The molecule has 1 aromatic rings. The third-order valence-corrected chi connectivity index (χ3v) is 2.74. The van der Waals surface area contributed by atoms with Gasteiger partial charge in [0.15, 0.2) is 0 Å². The highest BCUT2D eigenvalue weighted by Crippen LogP contribution is 2.33. The summed E-state index contributed by atoms with van der Waals surface area (Å²) in [6.45, 7) is 2.25. The van der Waals surface area contributed by atoms with Crippen LogP contribution in [0.4, 0.5) is 11.5 Å². The van der Waals surface area contributed by atoms with Gasteiger partial charge in [0.2, 0.25) is 0 Å². The highest BCUT2D eigenvalue weighted by Gasteiger charge is 2.27. The molecule has 1 fully saturated rings. The largest absolute Gasteiger partial charge is 0.382 e. The monoisotopic (exact) mass is 191 g/mol. The van der Waals surface area contributed by atoms with Crippen molar-refractivity contribution in [2.45, 2.75) is 25.8 Å². The SMILES string of the molecule is CNc1cc(NC(C)C2CC2)ccn1. The second kappa shape index (κ2) is 3.86. The van der Waals surface area contributed by atoms with Crippen LogP contribution in [0.15, 0.2) is 18.3 Å². The van der Waals surface area contributed by atoms with Crippen LogP contribution in [0.25, 0.3) is 0 Å². The van der Waals surface area contributed by atoms with E-state index in [9.17, 15) is 0 Å². The van der Waals surface area contributed by atoms with Crippen LogP contribution in [0.5, 0.6) is 0 Å². The Labute approximate surface area is 84.9 Å². The number of hydrogen-bond donors (Lipinski definition) is 2. The molecule has 1 aliphatic rings. The standard InChI is InChI=1S/C11H17N3/c1-8(9-3-4-9)14-10-5-6-13-11(7-10)12-2/h5-9H,3-4H2,1-2H3,(H2,12,13,14). The average Bonchev–Trinajstić information content (AvgIpc) is 3.01. The molecule has 1 atom stereocenters. The summed E-state index contributed by atoms with van der Waals surface area (Å²) < 4.78 is 0. The number of aromatic nitrogens is 1. The molecule has 2 N–H and O–H groups in total. The van der Waals surface area contributed by atoms with E-state index in [-0.39, 0.29) is 0 Å². The molecule has 0 radical (unpaired) electrons. The van der Waals surface area contributed by atoms with Crippen LogP contribution in [0, 0.1) is 5.92 Å². The number of hydrogen-bond acceptors (Lipinski definition) is 3. The molecule has 3 nitrogen and oxygen atoms in total. The van der Waals surface area contributed by atoms with E-state index in [2.05, 4.69) is 22.5 Å². The normalized spacial score (nSPS) is 17.6. The number of nitrogens with zero attached hydrogens (tertiary/aromatic N) is 1. The summed E-state index contributed by atoms with van der Waals surface area (Å²) in [5, 5.41) is 6.53. The van der Waals surface area contributed by atoms with E-state index in [1.807, 2.05) is 25.4 Å². The molecule has 1 aliphatic carbocycles. The maximum atomic E-state index is 4.17. The first-order valence-corrected chi connectivity index (χ1v) is 5.20. The summed E-state index contributed by atoms with van der Waals surface area (Å²) in [7, 11) is 1.89. The van der Waals surface area contributed by atoms with Gasteiger partial charge in [0.1, 0.15) is 5.82 Å². The van der Waals surface area contributed by atoms with Crippen LogP contribution in [0.2, 0.25) is 0 Å². The molecule has 1 aromatic heterocycles. The highest BCUT2D eigenvalue weighted by atomic mass is 15.0. The lowest BCUT2D eigenvalue weighted by molar-refractivity contribution is 0.694. The zero-order valence-electron chi connectivity index (χ0n) is 8.75. The average molecular weight is 191 g/mol. The molecule has 14 heavy (non-hydrogen) atoms. The zero-order chi connectivity index (χ0) is 9.97. The summed E-state index contributed by atoms with van der Waals surface area (Å²) in [6, 6.07) is 4.64. The van der Waals surface area contributed by atoms with Crippen LogP contribution in [-0.4, -0.2) is 18.1 Å². The first-order chi connectivity index (χ1) is 6.79. The minimum Gasteiger partial charge on any atom is -0.382 e. The van der Waals surface area contributed by atoms with Crippen molar-refractivity contribution in [3.63, 3.8) is 0 Å². The van der Waals surface area contributed by atoms with E-state index in [1.54, 1.807) is 0 Å². The molecule has 1 saturated carbocycles. The van der Waals surface area contributed by atoms with Crippen LogP contribution in [-0.2, 0) is 0 Å². The van der Waals surface area contributed by atoms with Crippen molar-refractivity contribution < 1.29 is 0 Å². The van der Waals surface area contributed by atoms with Crippen molar-refractivity contribution >= 4 is 11.5 Å². The molecule has 2 rings (SSSR count). The number of rotatable bonds is 4. The fourth-order valence-electron chi connectivity index (χ4n) is 1.63. The minimum atomic E-state index is 0.585. The van der Waals surface area contributed by atoms with Gasteiger partial charge in [0, 0.05) is 31.0 Å². The molecular weight excluding hydrogens is 174 g/mol. The fraction of sp³-hybridized carbons (Fsp3) is 0.545. The van der Waals surface area contributed by atoms with Crippen LogP contribution in [0.3, 0.4) is 0 Å². The van der Waals surface area contributed by atoms with Crippen molar-refractivity contribution in [2.75, 3.05) is 17.7 Å². The van der Waals surface area contributed by atoms with Gasteiger partial charge in [0.05, 0.1) is 0 Å². The van der Waals surface area contributed by atoms with Crippen LogP contribution >= 0.6 is 0 Å². The minimum absolute atomic E-state index is 0.585. The van der Waals surface area contributed by atoms with E-state index in [4.69, 9.17) is 0 Å².